The van der Waals surface area contributed by atoms with Crippen LogP contribution in [0.15, 0.2) is 35.7 Å². The van der Waals surface area contributed by atoms with Gasteiger partial charge in [0, 0.05) is 21.0 Å². The van der Waals surface area contributed by atoms with Gasteiger partial charge in [0.25, 0.3) is 5.91 Å². The first kappa shape index (κ1) is 14.0. The third-order valence-corrected chi connectivity index (χ3v) is 3.70. The average Bonchev–Trinajstić information content (AvgIpc) is 2.77. The Balaban J connectivity index is 1.96. The molecule has 0 aliphatic carbocycles. The van der Waals surface area contributed by atoms with Crippen LogP contribution in [-0.2, 0) is 4.79 Å². The molecule has 0 radical (unpaired) electrons. The predicted molar refractivity (Wildman–Crippen MR) is 85.4 cm³/mol. The molecule has 0 aliphatic heterocycles. The van der Waals surface area contributed by atoms with Crippen LogP contribution < -0.4 is 10.6 Å². The molecule has 1 amide bonds. The molecule has 2 aromatic rings. The summed E-state index contributed by atoms with van der Waals surface area (Å²) in [5.41, 5.74) is 1.49. The molecule has 1 heterocycles. The van der Waals surface area contributed by atoms with Crippen LogP contribution in [0.4, 0.5) is 11.4 Å². The van der Waals surface area contributed by atoms with Gasteiger partial charge in [0.15, 0.2) is 4.99 Å². The topological polar surface area (TPSA) is 41.1 Å². The summed E-state index contributed by atoms with van der Waals surface area (Å²) in [7, 11) is 0. The Morgan fingerprint density at radius 3 is 2.47 bits per heavy atom. The van der Waals surface area contributed by atoms with E-state index < -0.39 is 0 Å². The van der Waals surface area contributed by atoms with Gasteiger partial charge in [0.1, 0.15) is 0 Å². The molecule has 0 saturated heterocycles. The molecule has 0 aliphatic rings. The highest BCUT2D eigenvalue weighted by Crippen LogP contribution is 2.18. The summed E-state index contributed by atoms with van der Waals surface area (Å²) >= 11 is 12.4. The molecule has 0 fully saturated rings. The second-order valence-electron chi connectivity index (χ2n) is 3.86. The Hall–Kier alpha value is -1.43. The summed E-state index contributed by atoms with van der Waals surface area (Å²) in [6, 6.07) is 8.79. The van der Waals surface area contributed by atoms with Crippen LogP contribution in [0.3, 0.4) is 0 Å². The molecule has 1 aromatic heterocycles. The van der Waals surface area contributed by atoms with E-state index >= 15 is 0 Å². The molecule has 6 heteroatoms. The van der Waals surface area contributed by atoms with Crippen LogP contribution in [-0.4, -0.2) is 10.9 Å². The van der Waals surface area contributed by atoms with Crippen molar-refractivity contribution in [3.8, 4) is 0 Å². The average molecular weight is 311 g/mol. The van der Waals surface area contributed by atoms with Gasteiger partial charge in [-0.3, -0.25) is 4.79 Å². The van der Waals surface area contributed by atoms with Gasteiger partial charge in [-0.25, -0.2) is 0 Å². The van der Waals surface area contributed by atoms with Crippen molar-refractivity contribution in [2.45, 2.75) is 6.92 Å². The number of hydrogen-bond acceptors (Lipinski definition) is 3. The fourth-order valence-electron chi connectivity index (χ4n) is 1.42. The molecular formula is C13H11ClN2OS2. The fraction of sp³-hybridized carbons (Fsp3) is 0.0769. The molecule has 0 saturated carbocycles. The fourth-order valence-corrected chi connectivity index (χ4v) is 2.35. The van der Waals surface area contributed by atoms with Crippen molar-refractivity contribution >= 4 is 57.4 Å². The number of halogens is 1. The number of carbonyl (C=O) groups is 1. The van der Waals surface area contributed by atoms with Gasteiger partial charge in [0.05, 0.1) is 5.69 Å². The molecule has 0 unspecified atom stereocenters. The quantitative estimate of drug-likeness (QED) is 0.821. The minimum absolute atomic E-state index is 0.132. The summed E-state index contributed by atoms with van der Waals surface area (Å²) in [5, 5.41) is 8.13. The lowest BCUT2D eigenvalue weighted by molar-refractivity contribution is -0.110. The number of amides is 1. The number of aryl methyl sites for hydroxylation is 1. The van der Waals surface area contributed by atoms with Crippen molar-refractivity contribution in [2.24, 2.45) is 0 Å². The number of anilines is 2. The highest BCUT2D eigenvalue weighted by Gasteiger charge is 2.10. The molecular weight excluding hydrogens is 300 g/mol. The Bertz CT molecular complexity index is 607. The van der Waals surface area contributed by atoms with Gasteiger partial charge < -0.3 is 10.6 Å². The summed E-state index contributed by atoms with van der Waals surface area (Å²) in [6.07, 6.45) is 0. The Morgan fingerprint density at radius 1 is 1.21 bits per heavy atom. The van der Waals surface area contributed by atoms with Crippen molar-refractivity contribution in [2.75, 3.05) is 10.6 Å². The molecule has 1 aromatic carbocycles. The smallest absolute Gasteiger partial charge is 0.283 e. The van der Waals surface area contributed by atoms with E-state index in [0.717, 1.165) is 10.6 Å². The molecule has 19 heavy (non-hydrogen) atoms. The third-order valence-electron chi connectivity index (χ3n) is 2.30. The van der Waals surface area contributed by atoms with Gasteiger partial charge in [-0.05, 0) is 37.3 Å². The van der Waals surface area contributed by atoms with E-state index in [-0.39, 0.29) is 10.9 Å². The lowest BCUT2D eigenvalue weighted by Gasteiger charge is -2.07. The highest BCUT2D eigenvalue weighted by molar-refractivity contribution is 7.82. The first-order valence-corrected chi connectivity index (χ1v) is 7.14. The minimum Gasteiger partial charge on any atom is -0.341 e. The number of thiocarbonyl (C=S) groups is 1. The van der Waals surface area contributed by atoms with Crippen molar-refractivity contribution < 1.29 is 4.79 Å². The standard InChI is InChI=1S/C13H11ClN2OS2/c1-8-6-11(7-19-8)16-13(18)12(17)15-10-4-2-9(14)3-5-10/h2-7H,1H3,(H,15,17)(H,16,18). The van der Waals surface area contributed by atoms with E-state index in [4.69, 9.17) is 23.8 Å². The third kappa shape index (κ3) is 4.02. The number of carbonyl (C=O) groups excluding carboxylic acids is 1. The first-order valence-electron chi connectivity index (χ1n) is 5.47. The van der Waals surface area contributed by atoms with E-state index in [1.807, 2.05) is 18.4 Å². The van der Waals surface area contributed by atoms with Gasteiger partial charge in [-0.15, -0.1) is 11.3 Å². The Morgan fingerprint density at radius 2 is 1.89 bits per heavy atom. The zero-order chi connectivity index (χ0) is 13.8. The highest BCUT2D eigenvalue weighted by atomic mass is 35.5. The van der Waals surface area contributed by atoms with E-state index in [1.54, 1.807) is 35.6 Å². The largest absolute Gasteiger partial charge is 0.341 e. The van der Waals surface area contributed by atoms with Crippen LogP contribution in [0.25, 0.3) is 0 Å². The monoisotopic (exact) mass is 310 g/mol. The molecule has 2 rings (SSSR count). The van der Waals surface area contributed by atoms with E-state index in [9.17, 15) is 4.79 Å². The van der Waals surface area contributed by atoms with Crippen molar-refractivity contribution in [1.29, 1.82) is 0 Å². The van der Waals surface area contributed by atoms with E-state index in [0.29, 0.717) is 10.7 Å². The maximum absolute atomic E-state index is 11.9. The molecule has 3 nitrogen and oxygen atoms in total. The number of hydrogen-bond donors (Lipinski definition) is 2. The van der Waals surface area contributed by atoms with Crippen LogP contribution in [0.1, 0.15) is 4.88 Å². The number of nitrogens with one attached hydrogen (secondary N) is 2. The zero-order valence-corrected chi connectivity index (χ0v) is 12.5. The second-order valence-corrected chi connectivity index (χ2v) is 5.82. The minimum atomic E-state index is -0.346. The van der Waals surface area contributed by atoms with Crippen LogP contribution in [0, 0.1) is 6.92 Å². The lowest BCUT2D eigenvalue weighted by Crippen LogP contribution is -2.27. The number of thiophene rings is 1. The number of benzene rings is 1. The Labute approximate surface area is 125 Å². The summed E-state index contributed by atoms with van der Waals surface area (Å²) in [5.74, 6) is -0.346. The second kappa shape index (κ2) is 6.14. The number of rotatable bonds is 2. The molecule has 0 spiro atoms. The van der Waals surface area contributed by atoms with Crippen molar-refractivity contribution in [3.05, 3.63) is 45.6 Å². The summed E-state index contributed by atoms with van der Waals surface area (Å²) < 4.78 is 0. The van der Waals surface area contributed by atoms with Crippen LogP contribution in [0.5, 0.6) is 0 Å². The first-order chi connectivity index (χ1) is 9.04. The maximum atomic E-state index is 11.9. The zero-order valence-electron chi connectivity index (χ0n) is 10.1. The summed E-state index contributed by atoms with van der Waals surface area (Å²) in [4.78, 5) is 13.2. The van der Waals surface area contributed by atoms with Gasteiger partial charge in [-0.1, -0.05) is 23.8 Å². The normalized spacial score (nSPS) is 10.0. The van der Waals surface area contributed by atoms with Crippen LogP contribution in [0.2, 0.25) is 5.02 Å². The van der Waals surface area contributed by atoms with Crippen LogP contribution >= 0.6 is 35.2 Å². The van der Waals surface area contributed by atoms with Crippen molar-refractivity contribution in [1.82, 2.24) is 0 Å². The van der Waals surface area contributed by atoms with Gasteiger partial charge in [-0.2, -0.15) is 0 Å². The van der Waals surface area contributed by atoms with Gasteiger partial charge >= 0.3 is 0 Å². The SMILES string of the molecule is Cc1cc(NC(=S)C(=O)Nc2ccc(Cl)cc2)cs1. The maximum Gasteiger partial charge on any atom is 0.283 e. The molecule has 98 valence electrons. The van der Waals surface area contributed by atoms with E-state index in [1.165, 1.54) is 0 Å². The molecule has 0 bridgehead atoms. The Kier molecular flexibility index (Phi) is 4.52. The lowest BCUT2D eigenvalue weighted by atomic mass is 10.3. The molecule has 0 atom stereocenters. The molecule has 2 N–H and O–H groups in total. The van der Waals surface area contributed by atoms with Gasteiger partial charge in [0.2, 0.25) is 0 Å². The van der Waals surface area contributed by atoms with E-state index in [2.05, 4.69) is 10.6 Å². The predicted octanol–water partition coefficient (Wildman–Crippen LogP) is 4.09. The van der Waals surface area contributed by atoms with Crippen molar-refractivity contribution in [3.63, 3.8) is 0 Å². The summed E-state index contributed by atoms with van der Waals surface area (Å²) in [6.45, 7) is 1.99.